The van der Waals surface area contributed by atoms with Gasteiger partial charge in [0.1, 0.15) is 0 Å². The van der Waals surface area contributed by atoms with Gasteiger partial charge < -0.3 is 9.64 Å². The van der Waals surface area contributed by atoms with E-state index in [1.54, 1.807) is 30.3 Å². The Labute approximate surface area is 163 Å². The molecule has 2 aromatic carbocycles. The molecule has 1 saturated heterocycles. The normalized spacial score (nSPS) is 17.5. The summed E-state index contributed by atoms with van der Waals surface area (Å²) in [5.74, 6) is -1.27. The number of nitrogens with zero attached hydrogens (tertiary/aromatic N) is 2. The predicted molar refractivity (Wildman–Crippen MR) is 102 cm³/mol. The molecule has 0 aromatic heterocycles. The summed E-state index contributed by atoms with van der Waals surface area (Å²) in [4.78, 5) is 26.3. The molecule has 0 saturated carbocycles. The summed E-state index contributed by atoms with van der Waals surface area (Å²) in [6, 6.07) is 16.1. The van der Waals surface area contributed by atoms with E-state index >= 15 is 0 Å². The molecule has 1 fully saturated rings. The van der Waals surface area contributed by atoms with Crippen LogP contribution in [-0.2, 0) is 19.4 Å². The first-order valence-electron chi connectivity index (χ1n) is 8.64. The number of carbonyl (C=O) groups is 2. The molecular weight excluding hydrogens is 380 g/mol. The van der Waals surface area contributed by atoms with Crippen LogP contribution in [0.5, 0.6) is 0 Å². The molecule has 1 atom stereocenters. The molecule has 28 heavy (non-hydrogen) atoms. The van der Waals surface area contributed by atoms with Gasteiger partial charge in [-0.15, -0.1) is 0 Å². The van der Waals surface area contributed by atoms with Crippen molar-refractivity contribution in [1.82, 2.24) is 0 Å². The standard InChI is InChI=1S/C20H18N2O5S/c21-12-15-6-8-16(9-7-15)20(24)27-13-19(23)22(17-4-2-1-3-5-17)18-10-11-28(25,26)14-18/h1-9,18H,10-11,13-14H2/t18-/m0/s1. The van der Waals surface area contributed by atoms with Crippen molar-refractivity contribution in [1.29, 1.82) is 5.26 Å². The van der Waals surface area contributed by atoms with Crippen LogP contribution in [0.1, 0.15) is 22.3 Å². The molecule has 0 N–H and O–H groups in total. The molecule has 0 aliphatic carbocycles. The van der Waals surface area contributed by atoms with Gasteiger partial charge in [-0.3, -0.25) is 4.79 Å². The number of para-hydroxylation sites is 1. The molecule has 0 radical (unpaired) electrons. The van der Waals surface area contributed by atoms with Gasteiger partial charge in [0.25, 0.3) is 5.91 Å². The van der Waals surface area contributed by atoms with E-state index in [1.807, 2.05) is 6.07 Å². The molecular formula is C20H18N2O5S. The number of benzene rings is 2. The average Bonchev–Trinajstić information content (AvgIpc) is 3.06. The number of amides is 1. The molecule has 1 aliphatic rings. The summed E-state index contributed by atoms with van der Waals surface area (Å²) in [7, 11) is -3.19. The summed E-state index contributed by atoms with van der Waals surface area (Å²) in [6.45, 7) is -0.510. The maximum Gasteiger partial charge on any atom is 0.338 e. The second-order valence-corrected chi connectivity index (χ2v) is 8.65. The third-order valence-electron chi connectivity index (χ3n) is 4.45. The molecule has 7 nitrogen and oxygen atoms in total. The minimum atomic E-state index is -3.19. The van der Waals surface area contributed by atoms with Crippen molar-refractivity contribution in [2.75, 3.05) is 23.0 Å². The highest BCUT2D eigenvalue weighted by Gasteiger charge is 2.35. The molecule has 1 aliphatic heterocycles. The first-order valence-corrected chi connectivity index (χ1v) is 10.5. The van der Waals surface area contributed by atoms with Crippen molar-refractivity contribution >= 4 is 27.4 Å². The van der Waals surface area contributed by atoms with Gasteiger partial charge in [0.15, 0.2) is 16.4 Å². The molecule has 8 heteroatoms. The largest absolute Gasteiger partial charge is 0.452 e. The van der Waals surface area contributed by atoms with E-state index in [-0.39, 0.29) is 17.1 Å². The smallest absolute Gasteiger partial charge is 0.338 e. The number of carbonyl (C=O) groups excluding carboxylic acids is 2. The van der Waals surface area contributed by atoms with E-state index in [9.17, 15) is 18.0 Å². The van der Waals surface area contributed by atoms with Crippen molar-refractivity contribution in [3.63, 3.8) is 0 Å². The number of anilines is 1. The first-order chi connectivity index (χ1) is 13.4. The number of esters is 1. The van der Waals surface area contributed by atoms with Crippen LogP contribution in [0.15, 0.2) is 54.6 Å². The summed E-state index contributed by atoms with van der Waals surface area (Å²) in [5, 5.41) is 8.79. The van der Waals surface area contributed by atoms with E-state index in [4.69, 9.17) is 10.00 Å². The van der Waals surface area contributed by atoms with E-state index < -0.39 is 34.4 Å². The second kappa shape index (κ2) is 8.23. The molecule has 0 unspecified atom stereocenters. The van der Waals surface area contributed by atoms with Crippen molar-refractivity contribution in [3.05, 3.63) is 65.7 Å². The lowest BCUT2D eigenvalue weighted by Gasteiger charge is -2.28. The summed E-state index contributed by atoms with van der Waals surface area (Å²) < 4.78 is 28.8. The number of hydrogen-bond acceptors (Lipinski definition) is 6. The highest BCUT2D eigenvalue weighted by molar-refractivity contribution is 7.91. The van der Waals surface area contributed by atoms with Crippen molar-refractivity contribution in [3.8, 4) is 6.07 Å². The van der Waals surface area contributed by atoms with Crippen LogP contribution >= 0.6 is 0 Å². The molecule has 1 amide bonds. The summed E-state index contributed by atoms with van der Waals surface area (Å²) in [6.07, 6.45) is 0.340. The van der Waals surface area contributed by atoms with Crippen LogP contribution < -0.4 is 4.90 Å². The Morgan fingerprint density at radius 3 is 2.36 bits per heavy atom. The van der Waals surface area contributed by atoms with Crippen LogP contribution in [0.4, 0.5) is 5.69 Å². The lowest BCUT2D eigenvalue weighted by molar-refractivity contribution is -0.122. The van der Waals surface area contributed by atoms with Crippen LogP contribution in [0.2, 0.25) is 0 Å². The zero-order valence-electron chi connectivity index (χ0n) is 14.9. The lowest BCUT2D eigenvalue weighted by atomic mass is 10.1. The van der Waals surface area contributed by atoms with Crippen LogP contribution in [-0.4, -0.2) is 44.4 Å². The Hall–Kier alpha value is -3.18. The maximum absolute atomic E-state index is 12.8. The molecule has 1 heterocycles. The van der Waals surface area contributed by atoms with Crippen molar-refractivity contribution < 1.29 is 22.7 Å². The third-order valence-corrected chi connectivity index (χ3v) is 6.20. The van der Waals surface area contributed by atoms with Gasteiger partial charge >= 0.3 is 5.97 Å². The fourth-order valence-corrected chi connectivity index (χ4v) is 4.79. The quantitative estimate of drug-likeness (QED) is 0.713. The van der Waals surface area contributed by atoms with Crippen molar-refractivity contribution in [2.24, 2.45) is 0 Å². The predicted octanol–water partition coefficient (Wildman–Crippen LogP) is 1.94. The van der Waals surface area contributed by atoms with Gasteiger partial charge in [-0.1, -0.05) is 18.2 Å². The van der Waals surface area contributed by atoms with Gasteiger partial charge in [-0.2, -0.15) is 5.26 Å². The fourth-order valence-electron chi connectivity index (χ4n) is 3.09. The minimum absolute atomic E-state index is 0.0271. The highest BCUT2D eigenvalue weighted by Crippen LogP contribution is 2.24. The van der Waals surface area contributed by atoms with Crippen LogP contribution in [0, 0.1) is 11.3 Å². The summed E-state index contributed by atoms with van der Waals surface area (Å²) in [5.41, 5.74) is 1.19. The fraction of sp³-hybridized carbons (Fsp3) is 0.250. The zero-order chi connectivity index (χ0) is 20.1. The first kappa shape index (κ1) is 19.6. The van der Waals surface area contributed by atoms with Crippen molar-refractivity contribution in [2.45, 2.75) is 12.5 Å². The molecule has 2 aromatic rings. The molecule has 0 spiro atoms. The Balaban J connectivity index is 1.72. The van der Waals surface area contributed by atoms with Gasteiger partial charge in [-0.05, 0) is 42.8 Å². The molecule has 0 bridgehead atoms. The van der Waals surface area contributed by atoms with Gasteiger partial charge in [0, 0.05) is 5.69 Å². The SMILES string of the molecule is N#Cc1ccc(C(=O)OCC(=O)N(c2ccccc2)[C@H]2CCS(=O)(=O)C2)cc1. The van der Waals surface area contributed by atoms with Crippen LogP contribution in [0.3, 0.4) is 0 Å². The molecule has 144 valence electrons. The van der Waals surface area contributed by atoms with Gasteiger partial charge in [0.05, 0.1) is 34.7 Å². The number of nitriles is 1. The highest BCUT2D eigenvalue weighted by atomic mass is 32.2. The van der Waals surface area contributed by atoms with E-state index in [0.717, 1.165) is 0 Å². The Kier molecular flexibility index (Phi) is 5.76. The molecule has 3 rings (SSSR count). The van der Waals surface area contributed by atoms with E-state index in [2.05, 4.69) is 0 Å². The van der Waals surface area contributed by atoms with E-state index in [1.165, 1.54) is 29.2 Å². The van der Waals surface area contributed by atoms with Crippen LogP contribution in [0.25, 0.3) is 0 Å². The number of sulfone groups is 1. The van der Waals surface area contributed by atoms with E-state index in [0.29, 0.717) is 17.7 Å². The summed E-state index contributed by atoms with van der Waals surface area (Å²) >= 11 is 0. The average molecular weight is 398 g/mol. The number of ether oxygens (including phenoxy) is 1. The van der Waals surface area contributed by atoms with Gasteiger partial charge in [-0.25, -0.2) is 13.2 Å². The second-order valence-electron chi connectivity index (χ2n) is 6.42. The topological polar surface area (TPSA) is 105 Å². The number of hydrogen-bond donors (Lipinski definition) is 0. The Bertz CT molecular complexity index is 1010. The van der Waals surface area contributed by atoms with Gasteiger partial charge in [0.2, 0.25) is 0 Å². The maximum atomic E-state index is 12.8. The lowest BCUT2D eigenvalue weighted by Crippen LogP contribution is -2.43. The zero-order valence-corrected chi connectivity index (χ0v) is 15.8. The minimum Gasteiger partial charge on any atom is -0.452 e. The monoisotopic (exact) mass is 398 g/mol. The Morgan fingerprint density at radius 2 is 1.79 bits per heavy atom. The Morgan fingerprint density at radius 1 is 1.11 bits per heavy atom. The number of rotatable bonds is 5. The third kappa shape index (κ3) is 4.56.